The summed E-state index contributed by atoms with van der Waals surface area (Å²) in [5.74, 6) is 0.849. The van der Waals surface area contributed by atoms with Crippen molar-refractivity contribution in [2.45, 2.75) is 54.1 Å². The first-order valence-corrected chi connectivity index (χ1v) is 9.35. The van der Waals surface area contributed by atoms with Gasteiger partial charge in [-0.15, -0.1) is 10.2 Å². The minimum absolute atomic E-state index is 0.185. The molecule has 0 saturated carbocycles. The van der Waals surface area contributed by atoms with E-state index in [0.29, 0.717) is 41.6 Å². The van der Waals surface area contributed by atoms with Crippen molar-refractivity contribution in [1.29, 1.82) is 0 Å². The third-order valence-electron chi connectivity index (χ3n) is 5.52. The van der Waals surface area contributed by atoms with Crippen LogP contribution >= 0.6 is 0 Å². The zero-order chi connectivity index (χ0) is 20.7. The molecule has 1 amide bonds. The van der Waals surface area contributed by atoms with Crippen molar-refractivity contribution in [1.82, 2.24) is 19.7 Å². The quantitative estimate of drug-likeness (QED) is 0.755. The van der Waals surface area contributed by atoms with Crippen LogP contribution in [-0.4, -0.2) is 37.8 Å². The molecule has 7 heteroatoms. The molecule has 1 aromatic carbocycles. The molecule has 1 atom stereocenters. The summed E-state index contributed by atoms with van der Waals surface area (Å²) in [6.45, 7) is 15.9. The van der Waals surface area contributed by atoms with Crippen LogP contribution in [0, 0.1) is 26.6 Å². The van der Waals surface area contributed by atoms with Crippen LogP contribution in [0.15, 0.2) is 23.3 Å². The molecule has 148 valence electrons. The van der Waals surface area contributed by atoms with Crippen LogP contribution < -0.4 is 0 Å². The summed E-state index contributed by atoms with van der Waals surface area (Å²) in [4.78, 5) is 19.3. The lowest BCUT2D eigenvalue weighted by atomic mass is 9.97. The Morgan fingerprint density at radius 3 is 2.50 bits per heavy atom. The number of amides is 1. The molecular formula is C21H26FN5O. The first kappa shape index (κ1) is 19.9. The van der Waals surface area contributed by atoms with Crippen molar-refractivity contribution >= 4 is 11.6 Å². The van der Waals surface area contributed by atoms with Crippen LogP contribution in [-0.2, 0) is 6.54 Å². The van der Waals surface area contributed by atoms with Crippen LogP contribution in [0.25, 0.3) is 0 Å². The van der Waals surface area contributed by atoms with Crippen LogP contribution in [0.2, 0.25) is 0 Å². The number of carbonyl (C=O) groups is 1. The summed E-state index contributed by atoms with van der Waals surface area (Å²) < 4.78 is 16.3. The van der Waals surface area contributed by atoms with Gasteiger partial charge in [0.15, 0.2) is 11.6 Å². The molecular weight excluding hydrogens is 357 g/mol. The van der Waals surface area contributed by atoms with Gasteiger partial charge in [0.25, 0.3) is 5.91 Å². The number of halogens is 1. The molecule has 1 aliphatic rings. The standard InChI is InChI=1S/C21H26FN5O/c1-11(2)23-15(6)19-24-25-20-16(7)26(8-9-27(19)20)21(28)17-10-18(22)14(5)12(3)13(17)4/h10,16H,1,8-9H2,2-7H3/b23-15+. The first-order chi connectivity index (χ1) is 13.1. The molecule has 1 unspecified atom stereocenters. The maximum absolute atomic E-state index is 14.3. The number of hydrogen-bond donors (Lipinski definition) is 0. The Balaban J connectivity index is 1.96. The summed E-state index contributed by atoms with van der Waals surface area (Å²) in [6, 6.07) is 1.07. The average Bonchev–Trinajstić information content (AvgIpc) is 3.07. The van der Waals surface area contributed by atoms with Crippen molar-refractivity contribution in [2.75, 3.05) is 6.54 Å². The van der Waals surface area contributed by atoms with E-state index in [9.17, 15) is 9.18 Å². The van der Waals surface area contributed by atoms with E-state index in [1.54, 1.807) is 11.8 Å². The van der Waals surface area contributed by atoms with Gasteiger partial charge in [-0.3, -0.25) is 9.79 Å². The second kappa shape index (κ2) is 7.30. The summed E-state index contributed by atoms with van der Waals surface area (Å²) >= 11 is 0. The topological polar surface area (TPSA) is 63.4 Å². The van der Waals surface area contributed by atoms with Crippen LogP contribution in [0.4, 0.5) is 4.39 Å². The van der Waals surface area contributed by atoms with E-state index in [1.165, 1.54) is 6.07 Å². The number of hydrogen-bond acceptors (Lipinski definition) is 4. The maximum Gasteiger partial charge on any atom is 0.254 e. The molecule has 1 aromatic heterocycles. The predicted molar refractivity (Wildman–Crippen MR) is 107 cm³/mol. The van der Waals surface area contributed by atoms with E-state index in [-0.39, 0.29) is 17.8 Å². The fourth-order valence-electron chi connectivity index (χ4n) is 3.65. The van der Waals surface area contributed by atoms with Gasteiger partial charge >= 0.3 is 0 Å². The van der Waals surface area contributed by atoms with Crippen molar-refractivity contribution in [3.8, 4) is 0 Å². The number of fused-ring (bicyclic) bond motifs is 1. The number of benzene rings is 1. The SMILES string of the molecule is C=C(C)/N=C(\C)c1nnc2n1CCN(C(=O)c1cc(F)c(C)c(C)c1C)C2C. The van der Waals surface area contributed by atoms with Crippen LogP contribution in [0.3, 0.4) is 0 Å². The van der Waals surface area contributed by atoms with E-state index in [1.807, 2.05) is 39.2 Å². The lowest BCUT2D eigenvalue weighted by Crippen LogP contribution is -2.42. The molecule has 0 bridgehead atoms. The third-order valence-corrected chi connectivity index (χ3v) is 5.52. The first-order valence-electron chi connectivity index (χ1n) is 9.35. The summed E-state index contributed by atoms with van der Waals surface area (Å²) in [5.41, 5.74) is 4.05. The number of rotatable bonds is 3. The lowest BCUT2D eigenvalue weighted by Gasteiger charge is -2.34. The zero-order valence-corrected chi connectivity index (χ0v) is 17.3. The summed E-state index contributed by atoms with van der Waals surface area (Å²) in [7, 11) is 0. The molecule has 28 heavy (non-hydrogen) atoms. The van der Waals surface area contributed by atoms with Gasteiger partial charge in [-0.25, -0.2) is 4.39 Å². The van der Waals surface area contributed by atoms with Crippen molar-refractivity contribution < 1.29 is 9.18 Å². The predicted octanol–water partition coefficient (Wildman–Crippen LogP) is 3.90. The van der Waals surface area contributed by atoms with E-state index >= 15 is 0 Å². The summed E-state index contributed by atoms with van der Waals surface area (Å²) in [5, 5.41) is 8.57. The maximum atomic E-state index is 14.3. The molecule has 3 rings (SSSR count). The van der Waals surface area contributed by atoms with E-state index in [4.69, 9.17) is 0 Å². The van der Waals surface area contributed by atoms with Gasteiger partial charge < -0.3 is 9.47 Å². The molecule has 6 nitrogen and oxygen atoms in total. The van der Waals surface area contributed by atoms with Gasteiger partial charge in [0.05, 0.1) is 11.8 Å². The molecule has 1 aliphatic heterocycles. The molecule has 0 N–H and O–H groups in total. The Morgan fingerprint density at radius 2 is 1.86 bits per heavy atom. The van der Waals surface area contributed by atoms with Crippen molar-refractivity contribution in [3.63, 3.8) is 0 Å². The van der Waals surface area contributed by atoms with E-state index in [2.05, 4.69) is 21.8 Å². The number of aromatic nitrogens is 3. The Hall–Kier alpha value is -2.83. The fourth-order valence-corrected chi connectivity index (χ4v) is 3.65. The fraction of sp³-hybridized carbons (Fsp3) is 0.429. The van der Waals surface area contributed by atoms with Gasteiger partial charge in [-0.1, -0.05) is 6.58 Å². The highest BCUT2D eigenvalue weighted by Crippen LogP contribution is 2.29. The molecule has 0 fully saturated rings. The molecule has 2 heterocycles. The molecule has 2 aromatic rings. The Labute approximate surface area is 164 Å². The lowest BCUT2D eigenvalue weighted by molar-refractivity contribution is 0.0636. The Bertz CT molecular complexity index is 1000. The van der Waals surface area contributed by atoms with Crippen LogP contribution in [0.5, 0.6) is 0 Å². The Morgan fingerprint density at radius 1 is 1.18 bits per heavy atom. The molecule has 0 aliphatic carbocycles. The Kier molecular flexibility index (Phi) is 5.19. The van der Waals surface area contributed by atoms with E-state index < -0.39 is 0 Å². The highest BCUT2D eigenvalue weighted by molar-refractivity contribution is 5.97. The van der Waals surface area contributed by atoms with E-state index in [0.717, 1.165) is 16.8 Å². The third kappa shape index (κ3) is 3.25. The second-order valence-corrected chi connectivity index (χ2v) is 7.42. The average molecular weight is 383 g/mol. The highest BCUT2D eigenvalue weighted by atomic mass is 19.1. The smallest absolute Gasteiger partial charge is 0.254 e. The monoisotopic (exact) mass is 383 g/mol. The number of allylic oxidation sites excluding steroid dienone is 1. The summed E-state index contributed by atoms with van der Waals surface area (Å²) in [6.07, 6.45) is 0. The number of aliphatic imine (C=N–C) groups is 1. The van der Waals surface area contributed by atoms with Gasteiger partial charge in [0.1, 0.15) is 5.82 Å². The minimum atomic E-state index is -0.354. The molecule has 0 radical (unpaired) electrons. The number of carbonyl (C=O) groups excluding carboxylic acids is 1. The van der Waals surface area contributed by atoms with Gasteiger partial charge in [-0.05, 0) is 64.3 Å². The van der Waals surface area contributed by atoms with Crippen molar-refractivity contribution in [2.24, 2.45) is 4.99 Å². The van der Waals surface area contributed by atoms with Gasteiger partial charge in [0.2, 0.25) is 0 Å². The minimum Gasteiger partial charge on any atom is -0.327 e. The highest BCUT2D eigenvalue weighted by Gasteiger charge is 2.33. The van der Waals surface area contributed by atoms with Gasteiger partial charge in [0, 0.05) is 24.4 Å². The normalized spacial score (nSPS) is 16.9. The number of nitrogens with zero attached hydrogens (tertiary/aromatic N) is 5. The zero-order valence-electron chi connectivity index (χ0n) is 17.3. The van der Waals surface area contributed by atoms with Crippen LogP contribution in [0.1, 0.15) is 65.5 Å². The van der Waals surface area contributed by atoms with Crippen molar-refractivity contribution in [3.05, 3.63) is 58.1 Å². The van der Waals surface area contributed by atoms with Gasteiger partial charge in [-0.2, -0.15) is 0 Å². The molecule has 0 saturated heterocycles. The largest absolute Gasteiger partial charge is 0.327 e. The second-order valence-electron chi connectivity index (χ2n) is 7.42. The molecule has 0 spiro atoms.